The van der Waals surface area contributed by atoms with Crippen LogP contribution in [-0.2, 0) is 6.42 Å². The first-order valence-corrected chi connectivity index (χ1v) is 7.99. The Labute approximate surface area is 143 Å². The zero-order valence-electron chi connectivity index (χ0n) is 13.3. The number of hydrogen-bond acceptors (Lipinski definition) is 4. The topological polar surface area (TPSA) is 84.3 Å². The lowest BCUT2D eigenvalue weighted by Crippen LogP contribution is -2.44. The van der Waals surface area contributed by atoms with Gasteiger partial charge in [0, 0.05) is 0 Å². The first-order chi connectivity index (χ1) is 12.2. The number of para-hydroxylation sites is 1. The fraction of sp³-hybridized carbons (Fsp3) is 0.158. The Bertz CT molecular complexity index is 960. The zero-order chi connectivity index (χ0) is 17.2. The lowest BCUT2D eigenvalue weighted by atomic mass is 10.0. The van der Waals surface area contributed by atoms with Gasteiger partial charge in [-0.05, 0) is 42.3 Å². The van der Waals surface area contributed by atoms with E-state index in [0.29, 0.717) is 24.5 Å². The van der Waals surface area contributed by atoms with E-state index < -0.39 is 11.5 Å². The summed E-state index contributed by atoms with van der Waals surface area (Å²) >= 11 is 0. The molecule has 6 heteroatoms. The van der Waals surface area contributed by atoms with Crippen molar-refractivity contribution in [3.8, 4) is 17.2 Å². The number of aromatic nitrogens is 1. The summed E-state index contributed by atoms with van der Waals surface area (Å²) in [7, 11) is 0. The molecule has 1 aliphatic rings. The van der Waals surface area contributed by atoms with Crippen molar-refractivity contribution in [3.63, 3.8) is 0 Å². The van der Waals surface area contributed by atoms with Gasteiger partial charge in [-0.15, -0.1) is 0 Å². The number of carbonyl (C=O) groups is 1. The molecular weight excluding hydrogens is 320 g/mol. The van der Waals surface area contributed by atoms with Crippen molar-refractivity contribution in [2.45, 2.75) is 12.5 Å². The molecule has 0 fully saturated rings. The van der Waals surface area contributed by atoms with Crippen molar-refractivity contribution in [2.75, 3.05) is 6.61 Å². The Morgan fingerprint density at radius 3 is 2.80 bits per heavy atom. The largest absolute Gasteiger partial charge is 0.491 e. The van der Waals surface area contributed by atoms with Gasteiger partial charge in [0.25, 0.3) is 11.5 Å². The van der Waals surface area contributed by atoms with Crippen LogP contribution in [0.5, 0.6) is 5.75 Å². The number of rotatable bonds is 3. The summed E-state index contributed by atoms with van der Waals surface area (Å²) < 4.78 is 10.9. The van der Waals surface area contributed by atoms with Gasteiger partial charge >= 0.3 is 0 Å². The van der Waals surface area contributed by atoms with E-state index in [-0.39, 0.29) is 11.6 Å². The fourth-order valence-electron chi connectivity index (χ4n) is 2.91. The van der Waals surface area contributed by atoms with Crippen molar-refractivity contribution in [1.29, 1.82) is 0 Å². The van der Waals surface area contributed by atoms with Gasteiger partial charge in [-0.1, -0.05) is 18.2 Å². The SMILES string of the molecule is O=C(NC1COc2ccccc2C1)c1ccc(-c2ccco2)[nH]c1=O. The number of aromatic amines is 1. The second-order valence-corrected chi connectivity index (χ2v) is 5.89. The lowest BCUT2D eigenvalue weighted by Gasteiger charge is -2.25. The van der Waals surface area contributed by atoms with E-state index >= 15 is 0 Å². The van der Waals surface area contributed by atoms with Crippen LogP contribution in [0.4, 0.5) is 0 Å². The molecule has 0 saturated heterocycles. The second kappa shape index (κ2) is 6.32. The first kappa shape index (κ1) is 15.3. The molecule has 2 aromatic heterocycles. The maximum atomic E-state index is 12.4. The molecule has 3 heterocycles. The molecule has 0 spiro atoms. The Kier molecular flexibility index (Phi) is 3.85. The zero-order valence-corrected chi connectivity index (χ0v) is 13.3. The van der Waals surface area contributed by atoms with Crippen LogP contribution in [0.3, 0.4) is 0 Å². The molecule has 6 nitrogen and oxygen atoms in total. The standard InChI is InChI=1S/C19H16N2O4/c22-18(20-13-10-12-4-1-2-5-16(12)25-11-13)14-7-8-15(21-19(14)23)17-6-3-9-24-17/h1-9,13H,10-11H2,(H,20,22)(H,21,23). The van der Waals surface area contributed by atoms with E-state index in [1.165, 1.54) is 12.3 Å². The average molecular weight is 336 g/mol. The number of fused-ring (bicyclic) bond motifs is 1. The number of ether oxygens (including phenoxy) is 1. The van der Waals surface area contributed by atoms with Crippen LogP contribution >= 0.6 is 0 Å². The molecule has 126 valence electrons. The minimum atomic E-state index is -0.455. The number of benzene rings is 1. The van der Waals surface area contributed by atoms with Gasteiger partial charge in [-0.2, -0.15) is 0 Å². The van der Waals surface area contributed by atoms with Crippen molar-refractivity contribution in [2.24, 2.45) is 0 Å². The minimum Gasteiger partial charge on any atom is -0.491 e. The number of carbonyl (C=O) groups excluding carboxylic acids is 1. The molecule has 4 rings (SSSR count). The summed E-state index contributed by atoms with van der Waals surface area (Å²) in [5.74, 6) is 0.968. The van der Waals surface area contributed by atoms with E-state index in [2.05, 4.69) is 10.3 Å². The van der Waals surface area contributed by atoms with Crippen LogP contribution in [0.25, 0.3) is 11.5 Å². The van der Waals surface area contributed by atoms with Crippen molar-refractivity contribution in [1.82, 2.24) is 10.3 Å². The number of pyridine rings is 1. The Balaban J connectivity index is 1.49. The summed E-state index contributed by atoms with van der Waals surface area (Å²) in [6.07, 6.45) is 2.19. The summed E-state index contributed by atoms with van der Waals surface area (Å²) in [6, 6.07) is 14.2. The Morgan fingerprint density at radius 2 is 2.00 bits per heavy atom. The monoisotopic (exact) mass is 336 g/mol. The Morgan fingerprint density at radius 1 is 1.12 bits per heavy atom. The molecule has 0 bridgehead atoms. The summed E-state index contributed by atoms with van der Waals surface area (Å²) in [5.41, 5.74) is 1.18. The third-order valence-corrected chi connectivity index (χ3v) is 4.15. The van der Waals surface area contributed by atoms with E-state index in [1.54, 1.807) is 18.2 Å². The number of nitrogens with one attached hydrogen (secondary N) is 2. The molecule has 0 aliphatic carbocycles. The highest BCUT2D eigenvalue weighted by Gasteiger charge is 2.22. The number of H-pyrrole nitrogens is 1. The first-order valence-electron chi connectivity index (χ1n) is 7.99. The van der Waals surface area contributed by atoms with Gasteiger partial charge in [-0.3, -0.25) is 9.59 Å². The maximum absolute atomic E-state index is 12.4. The summed E-state index contributed by atoms with van der Waals surface area (Å²) in [6.45, 7) is 0.380. The fourth-order valence-corrected chi connectivity index (χ4v) is 2.91. The third kappa shape index (κ3) is 3.06. The molecule has 3 aromatic rings. The van der Waals surface area contributed by atoms with Gasteiger partial charge in [0.1, 0.15) is 23.7 Å². The molecule has 0 radical (unpaired) electrons. The van der Waals surface area contributed by atoms with Gasteiger partial charge in [0.2, 0.25) is 0 Å². The van der Waals surface area contributed by atoms with Gasteiger partial charge in [0.05, 0.1) is 18.0 Å². The normalized spacial score (nSPS) is 15.9. The Hall–Kier alpha value is -3.28. The van der Waals surface area contributed by atoms with E-state index in [4.69, 9.17) is 9.15 Å². The van der Waals surface area contributed by atoms with Crippen molar-refractivity contribution < 1.29 is 13.9 Å². The summed E-state index contributed by atoms with van der Waals surface area (Å²) in [5, 5.41) is 2.86. The molecule has 1 amide bonds. The highest BCUT2D eigenvalue weighted by atomic mass is 16.5. The smallest absolute Gasteiger partial charge is 0.261 e. The lowest BCUT2D eigenvalue weighted by molar-refractivity contribution is 0.0914. The highest BCUT2D eigenvalue weighted by molar-refractivity contribution is 5.94. The van der Waals surface area contributed by atoms with Gasteiger partial charge in [0.15, 0.2) is 0 Å². The van der Waals surface area contributed by atoms with Gasteiger partial charge < -0.3 is 19.5 Å². The minimum absolute atomic E-state index is 0.0640. The van der Waals surface area contributed by atoms with Crippen LogP contribution < -0.4 is 15.6 Å². The molecule has 1 aliphatic heterocycles. The molecular formula is C19H16N2O4. The van der Waals surface area contributed by atoms with E-state index in [9.17, 15) is 9.59 Å². The van der Waals surface area contributed by atoms with Crippen molar-refractivity contribution in [3.05, 3.63) is 76.3 Å². The highest BCUT2D eigenvalue weighted by Crippen LogP contribution is 2.24. The van der Waals surface area contributed by atoms with E-state index in [1.807, 2.05) is 24.3 Å². The molecule has 2 N–H and O–H groups in total. The van der Waals surface area contributed by atoms with Crippen LogP contribution in [0.2, 0.25) is 0 Å². The maximum Gasteiger partial charge on any atom is 0.261 e. The van der Waals surface area contributed by atoms with Crippen LogP contribution in [-0.4, -0.2) is 23.5 Å². The molecule has 1 atom stereocenters. The predicted molar refractivity (Wildman–Crippen MR) is 91.7 cm³/mol. The number of hydrogen-bond donors (Lipinski definition) is 2. The third-order valence-electron chi connectivity index (χ3n) is 4.15. The molecule has 1 aromatic carbocycles. The average Bonchev–Trinajstić information content (AvgIpc) is 3.16. The van der Waals surface area contributed by atoms with Crippen LogP contribution in [0, 0.1) is 0 Å². The second-order valence-electron chi connectivity index (χ2n) is 5.89. The van der Waals surface area contributed by atoms with Gasteiger partial charge in [-0.25, -0.2) is 0 Å². The number of furan rings is 1. The molecule has 25 heavy (non-hydrogen) atoms. The van der Waals surface area contributed by atoms with E-state index in [0.717, 1.165) is 11.3 Å². The number of amides is 1. The summed E-state index contributed by atoms with van der Waals surface area (Å²) in [4.78, 5) is 27.3. The quantitative estimate of drug-likeness (QED) is 0.769. The van der Waals surface area contributed by atoms with Crippen molar-refractivity contribution >= 4 is 5.91 Å². The van der Waals surface area contributed by atoms with Crippen LogP contribution in [0.15, 0.2) is 64.0 Å². The van der Waals surface area contributed by atoms with Crippen LogP contribution in [0.1, 0.15) is 15.9 Å². The molecule has 0 saturated carbocycles. The molecule has 1 unspecified atom stereocenters. The predicted octanol–water partition coefficient (Wildman–Crippen LogP) is 2.37.